The summed E-state index contributed by atoms with van der Waals surface area (Å²) in [6, 6.07) is 7.99. The summed E-state index contributed by atoms with van der Waals surface area (Å²) < 4.78 is 31.4. The van der Waals surface area contributed by atoms with Gasteiger partial charge in [-0.3, -0.25) is 0 Å². The molecular formula is C13H16N2O3S. The topological polar surface area (TPSA) is 70.4 Å². The van der Waals surface area contributed by atoms with E-state index in [1.165, 1.54) is 23.5 Å². The maximum absolute atomic E-state index is 12.3. The highest BCUT2D eigenvalue weighted by atomic mass is 32.2. The van der Waals surface area contributed by atoms with Gasteiger partial charge in [-0.15, -0.1) is 0 Å². The average molecular weight is 280 g/mol. The van der Waals surface area contributed by atoms with Gasteiger partial charge in [-0.05, 0) is 31.0 Å². The van der Waals surface area contributed by atoms with Crippen LogP contribution in [0.1, 0.15) is 18.4 Å². The molecule has 0 N–H and O–H groups in total. The number of nitriles is 1. The number of nitrogens with zero attached hydrogens (tertiary/aromatic N) is 2. The molecule has 1 aromatic rings. The zero-order valence-electron chi connectivity index (χ0n) is 10.7. The van der Waals surface area contributed by atoms with Gasteiger partial charge in [-0.25, -0.2) is 8.42 Å². The minimum absolute atomic E-state index is 0.0288. The van der Waals surface area contributed by atoms with Crippen LogP contribution in [0.15, 0.2) is 29.2 Å². The molecule has 0 aliphatic carbocycles. The van der Waals surface area contributed by atoms with Crippen LogP contribution in [0.3, 0.4) is 0 Å². The maximum atomic E-state index is 12.3. The van der Waals surface area contributed by atoms with Gasteiger partial charge in [-0.2, -0.15) is 9.57 Å². The Morgan fingerprint density at radius 3 is 2.95 bits per heavy atom. The second-order valence-corrected chi connectivity index (χ2v) is 6.61. The highest BCUT2D eigenvalue weighted by Gasteiger charge is 2.26. The minimum Gasteiger partial charge on any atom is -0.377 e. The Bertz CT molecular complexity index is 586. The van der Waals surface area contributed by atoms with Gasteiger partial charge in [-0.1, -0.05) is 6.07 Å². The van der Waals surface area contributed by atoms with Crippen molar-refractivity contribution in [2.45, 2.75) is 23.8 Å². The molecule has 1 saturated heterocycles. The second kappa shape index (κ2) is 5.70. The van der Waals surface area contributed by atoms with Crippen LogP contribution >= 0.6 is 0 Å². The number of likely N-dealkylation sites (N-methyl/N-ethyl adjacent to an activating group) is 1. The van der Waals surface area contributed by atoms with E-state index in [0.29, 0.717) is 18.7 Å². The second-order valence-electron chi connectivity index (χ2n) is 4.56. The molecule has 1 aliphatic heterocycles. The summed E-state index contributed by atoms with van der Waals surface area (Å²) in [6.45, 7) is 1.04. The Balaban J connectivity index is 2.18. The van der Waals surface area contributed by atoms with Crippen LogP contribution in [0.4, 0.5) is 0 Å². The summed E-state index contributed by atoms with van der Waals surface area (Å²) in [5.74, 6) is 0. The van der Waals surface area contributed by atoms with Gasteiger partial charge in [0, 0.05) is 20.2 Å². The molecule has 0 spiro atoms. The number of hydrogen-bond donors (Lipinski definition) is 0. The third-order valence-corrected chi connectivity index (χ3v) is 4.98. The van der Waals surface area contributed by atoms with Crippen LogP contribution < -0.4 is 0 Å². The zero-order valence-corrected chi connectivity index (χ0v) is 11.6. The standard InChI is InChI=1S/C13H16N2O3S/c1-15(10-12-5-3-7-18-12)19(16,17)13-6-2-4-11(8-13)9-14/h2,4,6,8,12H,3,5,7,10H2,1H3. The highest BCUT2D eigenvalue weighted by molar-refractivity contribution is 7.89. The van der Waals surface area contributed by atoms with Gasteiger partial charge >= 0.3 is 0 Å². The number of rotatable bonds is 4. The van der Waals surface area contributed by atoms with Crippen molar-refractivity contribution in [2.24, 2.45) is 0 Å². The first-order valence-corrected chi connectivity index (χ1v) is 7.56. The lowest BCUT2D eigenvalue weighted by Crippen LogP contribution is -2.34. The number of ether oxygens (including phenoxy) is 1. The van der Waals surface area contributed by atoms with E-state index in [1.54, 1.807) is 12.1 Å². The zero-order chi connectivity index (χ0) is 13.9. The number of hydrogen-bond acceptors (Lipinski definition) is 4. The molecule has 0 aromatic heterocycles. The minimum atomic E-state index is -3.56. The number of benzene rings is 1. The quantitative estimate of drug-likeness (QED) is 0.835. The smallest absolute Gasteiger partial charge is 0.242 e. The Kier molecular flexibility index (Phi) is 4.20. The van der Waals surface area contributed by atoms with Crippen molar-refractivity contribution in [2.75, 3.05) is 20.2 Å². The summed E-state index contributed by atoms with van der Waals surface area (Å²) in [5.41, 5.74) is 0.339. The summed E-state index contributed by atoms with van der Waals surface area (Å²) in [6.07, 6.45) is 1.83. The van der Waals surface area contributed by atoms with Crippen molar-refractivity contribution in [3.63, 3.8) is 0 Å². The van der Waals surface area contributed by atoms with E-state index in [0.717, 1.165) is 12.8 Å². The molecule has 0 amide bonds. The van der Waals surface area contributed by atoms with Gasteiger partial charge in [0.05, 0.1) is 22.6 Å². The average Bonchev–Trinajstić information content (AvgIpc) is 2.91. The molecule has 102 valence electrons. The predicted molar refractivity (Wildman–Crippen MR) is 69.9 cm³/mol. The van der Waals surface area contributed by atoms with Crippen LogP contribution in [-0.4, -0.2) is 39.0 Å². The highest BCUT2D eigenvalue weighted by Crippen LogP contribution is 2.19. The molecule has 1 unspecified atom stereocenters. The van der Waals surface area contributed by atoms with Gasteiger partial charge in [0.1, 0.15) is 0 Å². The molecule has 1 aliphatic rings. The van der Waals surface area contributed by atoms with E-state index >= 15 is 0 Å². The SMILES string of the molecule is CN(CC1CCCO1)S(=O)(=O)c1cccc(C#N)c1. The molecule has 1 fully saturated rings. The predicted octanol–water partition coefficient (Wildman–Crippen LogP) is 1.36. The molecule has 1 atom stereocenters. The van der Waals surface area contributed by atoms with Crippen molar-refractivity contribution in [3.05, 3.63) is 29.8 Å². The van der Waals surface area contributed by atoms with E-state index in [1.807, 2.05) is 6.07 Å². The Morgan fingerprint density at radius 1 is 1.53 bits per heavy atom. The summed E-state index contributed by atoms with van der Waals surface area (Å²) in [7, 11) is -2.02. The van der Waals surface area contributed by atoms with Gasteiger partial charge in [0.2, 0.25) is 10.0 Å². The molecule has 0 saturated carbocycles. The molecule has 19 heavy (non-hydrogen) atoms. The fourth-order valence-electron chi connectivity index (χ4n) is 2.08. The third kappa shape index (κ3) is 3.13. The lowest BCUT2D eigenvalue weighted by atomic mass is 10.2. The van der Waals surface area contributed by atoms with Crippen molar-refractivity contribution in [1.82, 2.24) is 4.31 Å². The first-order valence-electron chi connectivity index (χ1n) is 6.12. The fourth-order valence-corrected chi connectivity index (χ4v) is 3.33. The van der Waals surface area contributed by atoms with Crippen LogP contribution in [0.5, 0.6) is 0 Å². The van der Waals surface area contributed by atoms with E-state index in [4.69, 9.17) is 10.00 Å². The molecule has 6 heteroatoms. The van der Waals surface area contributed by atoms with Gasteiger partial charge in [0.15, 0.2) is 0 Å². The van der Waals surface area contributed by atoms with E-state index in [9.17, 15) is 8.42 Å². The van der Waals surface area contributed by atoms with Crippen LogP contribution in [0.25, 0.3) is 0 Å². The molecule has 0 radical (unpaired) electrons. The van der Waals surface area contributed by atoms with E-state index in [2.05, 4.69) is 0 Å². The van der Waals surface area contributed by atoms with Crippen molar-refractivity contribution in [3.8, 4) is 6.07 Å². The van der Waals surface area contributed by atoms with Crippen LogP contribution in [-0.2, 0) is 14.8 Å². The molecule has 2 rings (SSSR count). The molecular weight excluding hydrogens is 264 g/mol. The van der Waals surface area contributed by atoms with Crippen molar-refractivity contribution in [1.29, 1.82) is 5.26 Å². The Hall–Kier alpha value is -1.42. The fraction of sp³-hybridized carbons (Fsp3) is 0.462. The summed E-state index contributed by atoms with van der Waals surface area (Å²) in [5, 5.41) is 8.82. The van der Waals surface area contributed by atoms with E-state index < -0.39 is 10.0 Å². The van der Waals surface area contributed by atoms with Crippen LogP contribution in [0.2, 0.25) is 0 Å². The monoisotopic (exact) mass is 280 g/mol. The largest absolute Gasteiger partial charge is 0.377 e. The van der Waals surface area contributed by atoms with E-state index in [-0.39, 0.29) is 11.0 Å². The third-order valence-electron chi connectivity index (χ3n) is 3.16. The normalized spacial score (nSPS) is 19.5. The Labute approximate surface area is 113 Å². The lowest BCUT2D eigenvalue weighted by molar-refractivity contribution is 0.0979. The Morgan fingerprint density at radius 2 is 2.32 bits per heavy atom. The lowest BCUT2D eigenvalue weighted by Gasteiger charge is -2.20. The van der Waals surface area contributed by atoms with Gasteiger partial charge < -0.3 is 4.74 Å². The van der Waals surface area contributed by atoms with Gasteiger partial charge in [0.25, 0.3) is 0 Å². The summed E-state index contributed by atoms with van der Waals surface area (Å²) >= 11 is 0. The molecule has 1 heterocycles. The van der Waals surface area contributed by atoms with Crippen molar-refractivity contribution < 1.29 is 13.2 Å². The molecule has 1 aromatic carbocycles. The maximum Gasteiger partial charge on any atom is 0.242 e. The molecule has 0 bridgehead atoms. The van der Waals surface area contributed by atoms with Crippen LogP contribution in [0, 0.1) is 11.3 Å². The number of sulfonamides is 1. The first kappa shape index (κ1) is 14.0. The molecule has 5 nitrogen and oxygen atoms in total. The first-order chi connectivity index (χ1) is 9.04. The summed E-state index contributed by atoms with van der Waals surface area (Å²) in [4.78, 5) is 0.145. The van der Waals surface area contributed by atoms with Crippen molar-refractivity contribution >= 4 is 10.0 Å².